The number of nitrogens with one attached hydrogen (secondary N) is 1. The summed E-state index contributed by atoms with van der Waals surface area (Å²) in [6, 6.07) is 25.4. The Morgan fingerprint density at radius 1 is 0.964 bits per heavy atom. The van der Waals surface area contributed by atoms with Gasteiger partial charge in [-0.1, -0.05) is 54.6 Å². The first-order valence-corrected chi connectivity index (χ1v) is 9.15. The van der Waals surface area contributed by atoms with Crippen molar-refractivity contribution in [3.05, 3.63) is 95.8 Å². The van der Waals surface area contributed by atoms with Crippen LogP contribution in [0.1, 0.15) is 21.7 Å². The third kappa shape index (κ3) is 3.60. The second-order valence-corrected chi connectivity index (χ2v) is 6.47. The number of carbonyl (C=O) groups excluding carboxylic acids is 1. The predicted octanol–water partition coefficient (Wildman–Crippen LogP) is 4.02. The van der Waals surface area contributed by atoms with E-state index in [4.69, 9.17) is 9.72 Å². The minimum absolute atomic E-state index is 0.184. The molecule has 0 aliphatic heterocycles. The maximum Gasteiger partial charge on any atom is 0.255 e. The summed E-state index contributed by atoms with van der Waals surface area (Å²) in [6.07, 6.45) is 0. The molecule has 1 aromatic heterocycles. The number of para-hydroxylation sites is 3. The molecule has 0 aliphatic carbocycles. The summed E-state index contributed by atoms with van der Waals surface area (Å²) in [4.78, 5) is 17.4. The van der Waals surface area contributed by atoms with Gasteiger partial charge >= 0.3 is 0 Å². The number of benzene rings is 3. The molecule has 0 saturated heterocycles. The van der Waals surface area contributed by atoms with Crippen LogP contribution in [-0.4, -0.2) is 22.6 Å². The molecule has 1 N–H and O–H groups in total. The zero-order valence-electron chi connectivity index (χ0n) is 15.6. The molecule has 3 aromatic carbocycles. The maximum atomic E-state index is 12.7. The third-order valence-electron chi connectivity index (χ3n) is 4.68. The Morgan fingerprint density at radius 3 is 2.50 bits per heavy atom. The van der Waals surface area contributed by atoms with E-state index in [0.717, 1.165) is 16.9 Å². The van der Waals surface area contributed by atoms with Crippen molar-refractivity contribution in [1.29, 1.82) is 0 Å². The minimum atomic E-state index is -0.184. The number of carbonyl (C=O) groups is 1. The molecule has 4 aromatic rings. The van der Waals surface area contributed by atoms with Crippen molar-refractivity contribution in [2.24, 2.45) is 0 Å². The van der Waals surface area contributed by atoms with Crippen LogP contribution in [0.15, 0.2) is 78.9 Å². The van der Waals surface area contributed by atoms with E-state index in [-0.39, 0.29) is 5.91 Å². The Morgan fingerprint density at radius 2 is 1.68 bits per heavy atom. The van der Waals surface area contributed by atoms with Crippen molar-refractivity contribution in [2.75, 3.05) is 7.11 Å². The molecule has 140 valence electrons. The lowest BCUT2D eigenvalue weighted by molar-refractivity contribution is 0.0946. The Balaban J connectivity index is 1.61. The van der Waals surface area contributed by atoms with Gasteiger partial charge in [0.25, 0.3) is 5.91 Å². The van der Waals surface area contributed by atoms with Gasteiger partial charge in [-0.05, 0) is 29.8 Å². The molecule has 4 rings (SSSR count). The molecular weight excluding hydrogens is 350 g/mol. The largest absolute Gasteiger partial charge is 0.496 e. The highest BCUT2D eigenvalue weighted by molar-refractivity contribution is 5.96. The lowest BCUT2D eigenvalue weighted by atomic mass is 10.2. The lowest BCUT2D eigenvalue weighted by Gasteiger charge is -2.12. The Bertz CT molecular complexity index is 1100. The number of rotatable bonds is 6. The van der Waals surface area contributed by atoms with Gasteiger partial charge in [0.2, 0.25) is 0 Å². The molecule has 1 heterocycles. The van der Waals surface area contributed by atoms with Gasteiger partial charge in [0, 0.05) is 6.54 Å². The Kier molecular flexibility index (Phi) is 5.06. The third-order valence-corrected chi connectivity index (χ3v) is 4.68. The Labute approximate surface area is 163 Å². The highest BCUT2D eigenvalue weighted by atomic mass is 16.5. The van der Waals surface area contributed by atoms with Crippen LogP contribution in [0.3, 0.4) is 0 Å². The molecule has 0 saturated carbocycles. The summed E-state index contributed by atoms with van der Waals surface area (Å²) in [5.74, 6) is 1.18. The molecule has 28 heavy (non-hydrogen) atoms. The molecule has 0 unspecified atom stereocenters. The van der Waals surface area contributed by atoms with Crippen LogP contribution in [0.2, 0.25) is 0 Å². The summed E-state index contributed by atoms with van der Waals surface area (Å²) >= 11 is 0. The van der Waals surface area contributed by atoms with Crippen LogP contribution in [-0.2, 0) is 13.1 Å². The smallest absolute Gasteiger partial charge is 0.255 e. The van der Waals surface area contributed by atoms with E-state index < -0.39 is 0 Å². The number of hydrogen-bond donors (Lipinski definition) is 1. The maximum absolute atomic E-state index is 12.7. The molecule has 0 fully saturated rings. The summed E-state index contributed by atoms with van der Waals surface area (Å²) in [7, 11) is 1.56. The number of amides is 1. The molecule has 1 amide bonds. The topological polar surface area (TPSA) is 56.1 Å². The standard InChI is InChI=1S/C23H21N3O2/c1-28-21-14-8-5-11-18(21)23(27)24-15-22-25-19-12-6-7-13-20(19)26(22)16-17-9-3-2-4-10-17/h2-14H,15-16H2,1H3,(H,24,27). The van der Waals surface area contributed by atoms with Gasteiger partial charge in [0.15, 0.2) is 0 Å². The van der Waals surface area contributed by atoms with E-state index in [1.54, 1.807) is 19.2 Å². The van der Waals surface area contributed by atoms with Crippen LogP contribution in [0.5, 0.6) is 5.75 Å². The van der Waals surface area contributed by atoms with Crippen molar-refractivity contribution in [3.63, 3.8) is 0 Å². The van der Waals surface area contributed by atoms with Gasteiger partial charge in [0.1, 0.15) is 11.6 Å². The summed E-state index contributed by atoms with van der Waals surface area (Å²) in [5.41, 5.74) is 3.66. The number of methoxy groups -OCH3 is 1. The number of hydrogen-bond acceptors (Lipinski definition) is 3. The second kappa shape index (κ2) is 7.96. The average Bonchev–Trinajstić information content (AvgIpc) is 3.10. The SMILES string of the molecule is COc1ccccc1C(=O)NCc1nc2ccccc2n1Cc1ccccc1. The number of nitrogens with zero attached hydrogens (tertiary/aromatic N) is 2. The molecule has 0 bridgehead atoms. The van der Waals surface area contributed by atoms with Gasteiger partial charge in [0.05, 0.1) is 30.3 Å². The van der Waals surface area contributed by atoms with Gasteiger partial charge in [-0.25, -0.2) is 4.98 Å². The summed E-state index contributed by atoms with van der Waals surface area (Å²) in [5, 5.41) is 2.97. The number of imidazole rings is 1. The van der Waals surface area contributed by atoms with Crippen LogP contribution < -0.4 is 10.1 Å². The monoisotopic (exact) mass is 371 g/mol. The van der Waals surface area contributed by atoms with E-state index in [2.05, 4.69) is 28.1 Å². The highest BCUT2D eigenvalue weighted by Gasteiger charge is 2.15. The van der Waals surface area contributed by atoms with E-state index in [1.807, 2.05) is 48.5 Å². The lowest BCUT2D eigenvalue weighted by Crippen LogP contribution is -2.25. The van der Waals surface area contributed by atoms with Gasteiger partial charge < -0.3 is 14.6 Å². The first kappa shape index (κ1) is 17.8. The van der Waals surface area contributed by atoms with Crippen molar-refractivity contribution in [1.82, 2.24) is 14.9 Å². The van der Waals surface area contributed by atoms with Crippen molar-refractivity contribution >= 4 is 16.9 Å². The molecule has 5 heteroatoms. The second-order valence-electron chi connectivity index (χ2n) is 6.47. The van der Waals surface area contributed by atoms with Crippen molar-refractivity contribution in [3.8, 4) is 5.75 Å². The fourth-order valence-electron chi connectivity index (χ4n) is 3.29. The molecule has 0 atom stereocenters. The number of aromatic nitrogens is 2. The molecule has 0 spiro atoms. The molecule has 5 nitrogen and oxygen atoms in total. The predicted molar refractivity (Wildman–Crippen MR) is 109 cm³/mol. The average molecular weight is 371 g/mol. The van der Waals surface area contributed by atoms with E-state index in [9.17, 15) is 4.79 Å². The number of fused-ring (bicyclic) bond motifs is 1. The summed E-state index contributed by atoms with van der Waals surface area (Å²) in [6.45, 7) is 1.03. The fraction of sp³-hybridized carbons (Fsp3) is 0.130. The van der Waals surface area contributed by atoms with Crippen LogP contribution in [0, 0.1) is 0 Å². The first-order valence-electron chi connectivity index (χ1n) is 9.15. The van der Waals surface area contributed by atoms with Crippen molar-refractivity contribution in [2.45, 2.75) is 13.1 Å². The van der Waals surface area contributed by atoms with Gasteiger partial charge in [-0.3, -0.25) is 4.79 Å². The Hall–Kier alpha value is -3.60. The normalized spacial score (nSPS) is 10.8. The van der Waals surface area contributed by atoms with E-state index >= 15 is 0 Å². The fourth-order valence-corrected chi connectivity index (χ4v) is 3.29. The zero-order chi connectivity index (χ0) is 19.3. The molecular formula is C23H21N3O2. The van der Waals surface area contributed by atoms with Crippen LogP contribution >= 0.6 is 0 Å². The van der Waals surface area contributed by atoms with Gasteiger partial charge in [-0.2, -0.15) is 0 Å². The summed E-state index contributed by atoms with van der Waals surface area (Å²) < 4.78 is 7.43. The zero-order valence-corrected chi connectivity index (χ0v) is 15.6. The molecule has 0 radical (unpaired) electrons. The quantitative estimate of drug-likeness (QED) is 0.557. The highest BCUT2D eigenvalue weighted by Crippen LogP contribution is 2.19. The van der Waals surface area contributed by atoms with E-state index in [1.165, 1.54) is 5.56 Å². The first-order chi connectivity index (χ1) is 13.8. The van der Waals surface area contributed by atoms with Crippen molar-refractivity contribution < 1.29 is 9.53 Å². The van der Waals surface area contributed by atoms with Gasteiger partial charge in [-0.15, -0.1) is 0 Å². The number of ether oxygens (including phenoxy) is 1. The van der Waals surface area contributed by atoms with Crippen LogP contribution in [0.25, 0.3) is 11.0 Å². The van der Waals surface area contributed by atoms with E-state index in [0.29, 0.717) is 24.4 Å². The molecule has 0 aliphatic rings. The minimum Gasteiger partial charge on any atom is -0.496 e. The van der Waals surface area contributed by atoms with Crippen LogP contribution in [0.4, 0.5) is 0 Å².